The predicted octanol–water partition coefficient (Wildman–Crippen LogP) is 4.05. The molecule has 1 atom stereocenters. The zero-order valence-electron chi connectivity index (χ0n) is 25.6. The maximum Gasteiger partial charge on any atom is 0.242 e. The fourth-order valence-electron chi connectivity index (χ4n) is 5.61. The SMILES string of the molecule is COc1ccc(-n2nc(C(C)(C)C)c3c2N(CC(=O)N2CCN(C(C)=O)CC2)C(=O)CS[C@@H]3c2ccccc2OC)cc1. The van der Waals surface area contributed by atoms with Crippen LogP contribution in [-0.4, -0.2) is 90.0 Å². The van der Waals surface area contributed by atoms with Crippen LogP contribution in [-0.2, 0) is 19.8 Å². The molecular formula is C32H39N5O5S. The molecule has 1 aromatic heterocycles. The number of hydrogen-bond donors (Lipinski definition) is 0. The van der Waals surface area contributed by atoms with E-state index in [1.54, 1.807) is 33.6 Å². The van der Waals surface area contributed by atoms with Gasteiger partial charge in [0, 0.05) is 49.6 Å². The van der Waals surface area contributed by atoms with Crippen molar-refractivity contribution in [1.82, 2.24) is 19.6 Å². The lowest BCUT2D eigenvalue weighted by molar-refractivity contribution is -0.137. The monoisotopic (exact) mass is 605 g/mol. The molecule has 0 bridgehead atoms. The van der Waals surface area contributed by atoms with Gasteiger partial charge in [0.1, 0.15) is 23.9 Å². The molecule has 0 spiro atoms. The Kier molecular flexibility index (Phi) is 8.73. The summed E-state index contributed by atoms with van der Waals surface area (Å²) >= 11 is 1.52. The summed E-state index contributed by atoms with van der Waals surface area (Å²) < 4.78 is 13.0. The van der Waals surface area contributed by atoms with Crippen molar-refractivity contribution in [3.8, 4) is 17.2 Å². The lowest BCUT2D eigenvalue weighted by Crippen LogP contribution is -2.53. The molecule has 0 radical (unpaired) electrons. The standard InChI is InChI=1S/C32H39N5O5S/c1-21(38)34-15-17-35(18-16-34)26(39)19-36-27(40)20-43-29(24-9-7-8-10-25(24)42-6)28-30(32(2,3)4)33-37(31(28)36)22-11-13-23(41-5)14-12-22/h7-14,29H,15-20H2,1-6H3/t29-/m1/s1. The number of thioether (sulfide) groups is 1. The maximum atomic E-state index is 14.0. The molecule has 2 aliphatic heterocycles. The van der Waals surface area contributed by atoms with Gasteiger partial charge in [0.15, 0.2) is 0 Å². The molecule has 10 nitrogen and oxygen atoms in total. The molecule has 43 heavy (non-hydrogen) atoms. The number of piperazine rings is 1. The Balaban J connectivity index is 1.67. The molecule has 2 aromatic carbocycles. The highest BCUT2D eigenvalue weighted by Gasteiger charge is 2.41. The molecule has 3 amide bonds. The van der Waals surface area contributed by atoms with Crippen LogP contribution in [0.25, 0.3) is 5.69 Å². The molecule has 3 heterocycles. The van der Waals surface area contributed by atoms with Gasteiger partial charge >= 0.3 is 0 Å². The van der Waals surface area contributed by atoms with Crippen LogP contribution < -0.4 is 14.4 Å². The van der Waals surface area contributed by atoms with Crippen molar-refractivity contribution in [3.05, 3.63) is 65.4 Å². The van der Waals surface area contributed by atoms with Crippen molar-refractivity contribution in [1.29, 1.82) is 0 Å². The molecule has 11 heteroatoms. The Hall–Kier alpha value is -3.99. The van der Waals surface area contributed by atoms with Crippen LogP contribution in [0, 0.1) is 0 Å². The van der Waals surface area contributed by atoms with E-state index in [1.807, 2.05) is 48.5 Å². The predicted molar refractivity (Wildman–Crippen MR) is 167 cm³/mol. The first kappa shape index (κ1) is 30.5. The Morgan fingerprint density at radius 2 is 1.60 bits per heavy atom. The summed E-state index contributed by atoms with van der Waals surface area (Å²) in [6.07, 6.45) is 0. The van der Waals surface area contributed by atoms with Crippen LogP contribution in [0.1, 0.15) is 49.8 Å². The van der Waals surface area contributed by atoms with Gasteiger partial charge in [0.25, 0.3) is 0 Å². The van der Waals surface area contributed by atoms with Crippen molar-refractivity contribution in [2.24, 2.45) is 0 Å². The number of ether oxygens (including phenoxy) is 2. The molecule has 2 aliphatic rings. The third-order valence-electron chi connectivity index (χ3n) is 7.91. The number of aromatic nitrogens is 2. The minimum atomic E-state index is -0.380. The Morgan fingerprint density at radius 3 is 2.21 bits per heavy atom. The van der Waals surface area contributed by atoms with Gasteiger partial charge in [-0.3, -0.25) is 19.3 Å². The van der Waals surface area contributed by atoms with Gasteiger partial charge in [-0.05, 0) is 30.3 Å². The van der Waals surface area contributed by atoms with E-state index < -0.39 is 0 Å². The highest BCUT2D eigenvalue weighted by Crippen LogP contribution is 2.50. The molecule has 0 N–H and O–H groups in total. The molecule has 3 aromatic rings. The average molecular weight is 606 g/mol. The van der Waals surface area contributed by atoms with Gasteiger partial charge < -0.3 is 19.3 Å². The number of methoxy groups -OCH3 is 2. The van der Waals surface area contributed by atoms with E-state index in [0.717, 1.165) is 28.3 Å². The summed E-state index contributed by atoms with van der Waals surface area (Å²) in [6, 6.07) is 15.4. The number of carbonyl (C=O) groups is 3. The van der Waals surface area contributed by atoms with Gasteiger partial charge in [-0.25, -0.2) is 4.68 Å². The van der Waals surface area contributed by atoms with Crippen LogP contribution in [0.3, 0.4) is 0 Å². The van der Waals surface area contributed by atoms with Crippen LogP contribution in [0.2, 0.25) is 0 Å². The van der Waals surface area contributed by atoms with E-state index in [0.29, 0.717) is 37.7 Å². The third kappa shape index (κ3) is 6.08. The Morgan fingerprint density at radius 1 is 0.953 bits per heavy atom. The average Bonchev–Trinajstić information content (AvgIpc) is 3.34. The highest BCUT2D eigenvalue weighted by molar-refractivity contribution is 8.00. The highest BCUT2D eigenvalue weighted by atomic mass is 32.2. The molecular weight excluding hydrogens is 566 g/mol. The number of nitrogens with zero attached hydrogens (tertiary/aromatic N) is 5. The Labute approximate surface area is 256 Å². The number of rotatable bonds is 6. The van der Waals surface area contributed by atoms with Crippen LogP contribution in [0.4, 0.5) is 5.82 Å². The van der Waals surface area contributed by atoms with Gasteiger partial charge in [-0.1, -0.05) is 39.0 Å². The lowest BCUT2D eigenvalue weighted by atomic mass is 9.87. The largest absolute Gasteiger partial charge is 0.497 e. The van der Waals surface area contributed by atoms with Crippen LogP contribution in [0.15, 0.2) is 48.5 Å². The second-order valence-electron chi connectivity index (χ2n) is 11.7. The minimum Gasteiger partial charge on any atom is -0.497 e. The molecule has 0 aliphatic carbocycles. The van der Waals surface area contributed by atoms with Gasteiger partial charge in [-0.2, -0.15) is 5.10 Å². The van der Waals surface area contributed by atoms with E-state index in [9.17, 15) is 14.4 Å². The Bertz CT molecular complexity index is 1510. The summed E-state index contributed by atoms with van der Waals surface area (Å²) in [5.41, 5.74) is 3.03. The van der Waals surface area contributed by atoms with Crippen molar-refractivity contribution < 1.29 is 23.9 Å². The summed E-state index contributed by atoms with van der Waals surface area (Å²) in [5.74, 6) is 1.84. The second kappa shape index (κ2) is 12.3. The van der Waals surface area contributed by atoms with Crippen LogP contribution in [0.5, 0.6) is 11.5 Å². The molecule has 0 saturated carbocycles. The van der Waals surface area contributed by atoms with E-state index in [-0.39, 0.29) is 40.7 Å². The first-order valence-electron chi connectivity index (χ1n) is 14.4. The zero-order chi connectivity index (χ0) is 30.9. The van der Waals surface area contributed by atoms with E-state index in [4.69, 9.17) is 14.6 Å². The minimum absolute atomic E-state index is 0.00283. The topological polar surface area (TPSA) is 97.2 Å². The van der Waals surface area contributed by atoms with Gasteiger partial charge in [0.05, 0.1) is 36.6 Å². The number of anilines is 1. The van der Waals surface area contributed by atoms with Crippen molar-refractivity contribution in [2.75, 3.05) is 57.6 Å². The number of benzene rings is 2. The first-order chi connectivity index (χ1) is 20.5. The lowest BCUT2D eigenvalue weighted by Gasteiger charge is -2.35. The van der Waals surface area contributed by atoms with Gasteiger partial charge in [0.2, 0.25) is 17.7 Å². The number of carbonyl (C=O) groups excluding carboxylic acids is 3. The molecule has 1 saturated heterocycles. The van der Waals surface area contributed by atoms with Crippen molar-refractivity contribution in [2.45, 2.75) is 38.4 Å². The summed E-state index contributed by atoms with van der Waals surface area (Å²) in [7, 11) is 3.26. The van der Waals surface area contributed by atoms with E-state index in [2.05, 4.69) is 20.8 Å². The summed E-state index contributed by atoms with van der Waals surface area (Å²) in [5, 5.41) is 4.89. The zero-order valence-corrected chi connectivity index (χ0v) is 26.4. The first-order valence-corrected chi connectivity index (χ1v) is 15.4. The molecule has 1 fully saturated rings. The number of para-hydroxylation sites is 1. The van der Waals surface area contributed by atoms with Gasteiger partial charge in [-0.15, -0.1) is 11.8 Å². The summed E-state index contributed by atoms with van der Waals surface area (Å²) in [6.45, 7) is 9.54. The number of fused-ring (bicyclic) bond motifs is 1. The molecule has 5 rings (SSSR count). The third-order valence-corrected chi connectivity index (χ3v) is 9.15. The van der Waals surface area contributed by atoms with E-state index in [1.165, 1.54) is 18.7 Å². The molecule has 228 valence electrons. The second-order valence-corrected chi connectivity index (χ2v) is 12.8. The number of amides is 3. The fourth-order valence-corrected chi connectivity index (χ4v) is 6.83. The fraction of sp³-hybridized carbons (Fsp3) is 0.438. The molecule has 0 unspecified atom stereocenters. The van der Waals surface area contributed by atoms with Crippen LogP contribution >= 0.6 is 11.8 Å². The smallest absolute Gasteiger partial charge is 0.242 e. The normalized spacial score (nSPS) is 17.4. The van der Waals surface area contributed by atoms with Crippen molar-refractivity contribution >= 4 is 35.3 Å². The summed E-state index contributed by atoms with van der Waals surface area (Å²) in [4.78, 5) is 44.7. The van der Waals surface area contributed by atoms with E-state index >= 15 is 0 Å². The quantitative estimate of drug-likeness (QED) is 0.418. The van der Waals surface area contributed by atoms with Crippen molar-refractivity contribution in [3.63, 3.8) is 0 Å². The number of hydrogen-bond acceptors (Lipinski definition) is 7. The maximum absolute atomic E-state index is 14.0.